The standard InChI is InChI=1S/C22H21N5/c1-17-9-11-24-18(14-17)5-6-19-7-8-20-16-26(12-13-27(19)20)22-4-2-3-10-25-21(22)15-23/h3-4,9-11,14,19-20H,7-8,12-13,16H2,1H3/t19-,20-/m0/s1. The summed E-state index contributed by atoms with van der Waals surface area (Å²) in [6.07, 6.45) is 9.24. The third-order valence-corrected chi connectivity index (χ3v) is 5.27. The number of piperazine rings is 1. The number of hydrogen-bond acceptors (Lipinski definition) is 5. The van der Waals surface area contributed by atoms with Gasteiger partial charge in [0.2, 0.25) is 0 Å². The van der Waals surface area contributed by atoms with Gasteiger partial charge in [0.25, 0.3) is 0 Å². The Bertz CT molecular complexity index is 962. The summed E-state index contributed by atoms with van der Waals surface area (Å²) in [6.45, 7) is 4.76. The van der Waals surface area contributed by atoms with E-state index in [0.717, 1.165) is 43.9 Å². The van der Waals surface area contributed by atoms with Gasteiger partial charge in [-0.25, -0.2) is 9.98 Å². The molecule has 0 bridgehead atoms. The van der Waals surface area contributed by atoms with Crippen molar-refractivity contribution in [2.75, 3.05) is 19.6 Å². The van der Waals surface area contributed by atoms with E-state index in [4.69, 9.17) is 0 Å². The number of allylic oxidation sites excluding steroid dienone is 2. The molecule has 2 saturated heterocycles. The molecule has 0 saturated carbocycles. The number of nitriles is 1. The van der Waals surface area contributed by atoms with Gasteiger partial charge in [-0.2, -0.15) is 5.26 Å². The molecule has 4 rings (SSSR count). The van der Waals surface area contributed by atoms with Crippen LogP contribution in [0, 0.1) is 30.1 Å². The van der Waals surface area contributed by atoms with Crippen molar-refractivity contribution in [3.63, 3.8) is 0 Å². The lowest BCUT2D eigenvalue weighted by Crippen LogP contribution is -2.51. The zero-order valence-corrected chi connectivity index (χ0v) is 15.4. The first-order valence-corrected chi connectivity index (χ1v) is 9.29. The predicted octanol–water partition coefficient (Wildman–Crippen LogP) is 2.42. The topological polar surface area (TPSA) is 55.5 Å². The van der Waals surface area contributed by atoms with Crippen LogP contribution in [-0.2, 0) is 0 Å². The maximum Gasteiger partial charge on any atom is 0.164 e. The van der Waals surface area contributed by atoms with Gasteiger partial charge in [0.15, 0.2) is 5.70 Å². The number of rotatable bonds is 1. The highest BCUT2D eigenvalue weighted by atomic mass is 15.3. The highest BCUT2D eigenvalue weighted by Crippen LogP contribution is 2.29. The van der Waals surface area contributed by atoms with Gasteiger partial charge in [0, 0.05) is 44.2 Å². The molecule has 4 heterocycles. The van der Waals surface area contributed by atoms with Crippen LogP contribution in [0.5, 0.6) is 0 Å². The van der Waals surface area contributed by atoms with E-state index in [2.05, 4.69) is 50.3 Å². The van der Waals surface area contributed by atoms with E-state index in [1.807, 2.05) is 24.4 Å². The number of pyridine rings is 1. The van der Waals surface area contributed by atoms with Crippen LogP contribution in [0.4, 0.5) is 0 Å². The summed E-state index contributed by atoms with van der Waals surface area (Å²) in [4.78, 5) is 13.3. The Morgan fingerprint density at radius 2 is 2.22 bits per heavy atom. The van der Waals surface area contributed by atoms with Gasteiger partial charge in [0.1, 0.15) is 11.8 Å². The predicted molar refractivity (Wildman–Crippen MR) is 105 cm³/mol. The third-order valence-electron chi connectivity index (χ3n) is 5.27. The molecule has 2 fully saturated rings. The molecule has 27 heavy (non-hydrogen) atoms. The van der Waals surface area contributed by atoms with Gasteiger partial charge >= 0.3 is 0 Å². The Morgan fingerprint density at radius 3 is 3.07 bits per heavy atom. The third kappa shape index (κ3) is 3.71. The minimum absolute atomic E-state index is 0.284. The maximum atomic E-state index is 9.40. The van der Waals surface area contributed by atoms with Crippen LogP contribution in [0.15, 0.2) is 52.6 Å². The van der Waals surface area contributed by atoms with E-state index in [1.54, 1.807) is 12.3 Å². The Kier molecular flexibility index (Phi) is 4.90. The van der Waals surface area contributed by atoms with Crippen molar-refractivity contribution in [2.45, 2.75) is 31.8 Å². The molecule has 0 N–H and O–H groups in total. The van der Waals surface area contributed by atoms with E-state index in [-0.39, 0.29) is 6.04 Å². The van der Waals surface area contributed by atoms with Crippen molar-refractivity contribution < 1.29 is 0 Å². The number of fused-ring (bicyclic) bond motifs is 1. The van der Waals surface area contributed by atoms with Crippen molar-refractivity contribution in [1.29, 1.82) is 5.26 Å². The summed E-state index contributed by atoms with van der Waals surface area (Å²) >= 11 is 0. The fourth-order valence-electron chi connectivity index (χ4n) is 3.93. The molecule has 0 amide bonds. The first-order chi connectivity index (χ1) is 13.2. The molecule has 0 aromatic carbocycles. The molecule has 0 radical (unpaired) electrons. The fraction of sp³-hybridized carbons (Fsp3) is 0.364. The Balaban J connectivity index is 1.48. The molecule has 3 aliphatic rings. The average Bonchev–Trinajstić information content (AvgIpc) is 2.93. The fourth-order valence-corrected chi connectivity index (χ4v) is 3.93. The highest BCUT2D eigenvalue weighted by Gasteiger charge is 2.37. The summed E-state index contributed by atoms with van der Waals surface area (Å²) < 4.78 is 0. The normalized spacial score (nSPS) is 24.2. The number of aliphatic imine (C=N–C) groups is 1. The van der Waals surface area contributed by atoms with Crippen LogP contribution < -0.4 is 0 Å². The van der Waals surface area contributed by atoms with Crippen LogP contribution in [-0.4, -0.2) is 52.7 Å². The van der Waals surface area contributed by atoms with E-state index < -0.39 is 0 Å². The van der Waals surface area contributed by atoms with E-state index in [0.29, 0.717) is 11.7 Å². The lowest BCUT2D eigenvalue weighted by Gasteiger charge is -2.40. The molecule has 5 heteroatoms. The van der Waals surface area contributed by atoms with Crippen molar-refractivity contribution in [1.82, 2.24) is 14.8 Å². The van der Waals surface area contributed by atoms with Crippen LogP contribution >= 0.6 is 0 Å². The van der Waals surface area contributed by atoms with E-state index >= 15 is 0 Å². The summed E-state index contributed by atoms with van der Waals surface area (Å²) in [5, 5.41) is 9.40. The smallest absolute Gasteiger partial charge is 0.164 e. The average molecular weight is 355 g/mol. The van der Waals surface area contributed by atoms with Gasteiger partial charge in [-0.3, -0.25) is 4.90 Å². The number of aryl methyl sites for hydroxylation is 1. The van der Waals surface area contributed by atoms with Crippen molar-refractivity contribution in [2.24, 2.45) is 4.99 Å². The van der Waals surface area contributed by atoms with Crippen LogP contribution in [0.25, 0.3) is 0 Å². The lowest BCUT2D eigenvalue weighted by atomic mass is 10.1. The SMILES string of the molecule is Cc1ccnc(C#C[C@H]2CC[C@H]3CN(C4=C(C#N)N=CC=C=C4)CCN32)c1. The van der Waals surface area contributed by atoms with Crippen LogP contribution in [0.3, 0.4) is 0 Å². The summed E-state index contributed by atoms with van der Waals surface area (Å²) in [7, 11) is 0. The number of aromatic nitrogens is 1. The molecule has 0 spiro atoms. The Hall–Kier alpha value is -3.11. The van der Waals surface area contributed by atoms with Gasteiger partial charge in [0.05, 0.1) is 11.7 Å². The Morgan fingerprint density at radius 1 is 1.30 bits per heavy atom. The molecule has 2 atom stereocenters. The summed E-state index contributed by atoms with van der Waals surface area (Å²) in [5.41, 5.74) is 6.44. The van der Waals surface area contributed by atoms with Gasteiger partial charge in [-0.05, 0) is 49.5 Å². The van der Waals surface area contributed by atoms with Crippen molar-refractivity contribution >= 4 is 6.21 Å². The molecule has 0 unspecified atom stereocenters. The monoisotopic (exact) mass is 355 g/mol. The molecule has 0 aliphatic carbocycles. The number of nitrogens with zero attached hydrogens (tertiary/aromatic N) is 5. The minimum atomic E-state index is 0.284. The van der Waals surface area contributed by atoms with E-state index in [1.165, 1.54) is 5.56 Å². The first kappa shape index (κ1) is 17.3. The summed E-state index contributed by atoms with van der Waals surface area (Å²) in [6, 6.07) is 6.97. The molecule has 3 aliphatic heterocycles. The zero-order chi connectivity index (χ0) is 18.6. The molecular formula is C22H21N5. The first-order valence-electron chi connectivity index (χ1n) is 9.29. The molecule has 1 aromatic heterocycles. The second kappa shape index (κ2) is 7.64. The van der Waals surface area contributed by atoms with Gasteiger partial charge in [-0.15, -0.1) is 5.73 Å². The maximum absolute atomic E-state index is 9.40. The van der Waals surface area contributed by atoms with Crippen LogP contribution in [0.2, 0.25) is 0 Å². The largest absolute Gasteiger partial charge is 0.366 e. The Labute approximate surface area is 160 Å². The minimum Gasteiger partial charge on any atom is -0.366 e. The van der Waals surface area contributed by atoms with Crippen LogP contribution in [0.1, 0.15) is 24.1 Å². The van der Waals surface area contributed by atoms with Crippen molar-refractivity contribution in [3.8, 4) is 17.9 Å². The van der Waals surface area contributed by atoms with Gasteiger partial charge < -0.3 is 4.90 Å². The quantitative estimate of drug-likeness (QED) is 0.573. The second-order valence-electron chi connectivity index (χ2n) is 7.02. The lowest BCUT2D eigenvalue weighted by molar-refractivity contribution is 0.115. The number of hydrogen-bond donors (Lipinski definition) is 0. The zero-order valence-electron chi connectivity index (χ0n) is 15.4. The summed E-state index contributed by atoms with van der Waals surface area (Å²) in [5.74, 6) is 6.68. The highest BCUT2D eigenvalue weighted by molar-refractivity contribution is 5.73. The molecule has 5 nitrogen and oxygen atoms in total. The van der Waals surface area contributed by atoms with Gasteiger partial charge in [-0.1, -0.05) is 5.92 Å². The molecular weight excluding hydrogens is 334 g/mol. The molecule has 1 aromatic rings. The molecule has 134 valence electrons. The second-order valence-corrected chi connectivity index (χ2v) is 7.02. The van der Waals surface area contributed by atoms with Crippen molar-refractivity contribution in [3.05, 3.63) is 58.9 Å². The van der Waals surface area contributed by atoms with E-state index in [9.17, 15) is 5.26 Å².